The first-order valence-electron chi connectivity index (χ1n) is 6.95. The molecule has 0 radical (unpaired) electrons. The fourth-order valence-electron chi connectivity index (χ4n) is 2.33. The van der Waals surface area contributed by atoms with Crippen LogP contribution < -0.4 is 4.57 Å². The lowest BCUT2D eigenvalue weighted by atomic mass is 10.2. The number of rotatable bonds is 3. The first-order valence-corrected chi connectivity index (χ1v) is 10.4. The van der Waals surface area contributed by atoms with E-state index in [-0.39, 0.29) is 10.6 Å². The predicted molar refractivity (Wildman–Crippen MR) is 78.0 cm³/mol. The molecule has 0 aliphatic heterocycles. The maximum absolute atomic E-state index is 14.2. The van der Waals surface area contributed by atoms with Crippen molar-refractivity contribution in [2.75, 3.05) is 4.57 Å². The zero-order valence-corrected chi connectivity index (χ0v) is 14.4. The van der Waals surface area contributed by atoms with Gasteiger partial charge in [-0.1, -0.05) is 19.6 Å². The molecule has 142 valence electrons. The predicted octanol–water partition coefficient (Wildman–Crippen LogP) is 5.91. The van der Waals surface area contributed by atoms with Crippen LogP contribution >= 0.6 is 0 Å². The van der Waals surface area contributed by atoms with Gasteiger partial charge in [-0.15, -0.1) is 0 Å². The Kier molecular flexibility index (Phi) is 5.05. The maximum Gasteiger partial charge on any atom is 0.200 e. The van der Waals surface area contributed by atoms with Gasteiger partial charge in [-0.05, 0) is 0 Å². The zero-order valence-electron chi connectivity index (χ0n) is 13.4. The Hall–Kier alpha value is -2.17. The van der Waals surface area contributed by atoms with E-state index in [4.69, 9.17) is 0 Å². The molecule has 0 atom stereocenters. The molecular formula is C15H10F9NSi. The third kappa shape index (κ3) is 3.04. The summed E-state index contributed by atoms with van der Waals surface area (Å²) in [5, 5.41) is 0. The Balaban J connectivity index is 3.01. The van der Waals surface area contributed by atoms with E-state index < -0.39 is 72.0 Å². The summed E-state index contributed by atoms with van der Waals surface area (Å²) in [6, 6.07) is -0.144. The quantitative estimate of drug-likeness (QED) is 0.267. The minimum Gasteiger partial charge on any atom is -0.360 e. The average molecular weight is 403 g/mol. The minimum atomic E-state index is -3.42. The second-order valence-electron chi connectivity index (χ2n) is 6.24. The minimum absolute atomic E-state index is 0.111. The zero-order chi connectivity index (χ0) is 20.1. The highest BCUT2D eigenvalue weighted by Crippen LogP contribution is 2.41. The summed E-state index contributed by atoms with van der Waals surface area (Å²) < 4.78 is 124. The molecule has 0 aliphatic carbocycles. The highest BCUT2D eigenvalue weighted by molar-refractivity contribution is 6.81. The Morgan fingerprint density at radius 2 is 0.846 bits per heavy atom. The van der Waals surface area contributed by atoms with Crippen LogP contribution in [0, 0.1) is 52.4 Å². The van der Waals surface area contributed by atoms with Crippen LogP contribution in [0.5, 0.6) is 0 Å². The summed E-state index contributed by atoms with van der Waals surface area (Å²) >= 11 is 0. The van der Waals surface area contributed by atoms with Gasteiger partial charge in [0.2, 0.25) is 5.82 Å². The van der Waals surface area contributed by atoms with E-state index in [9.17, 15) is 39.5 Å². The summed E-state index contributed by atoms with van der Waals surface area (Å²) in [5.74, 6) is -19.8. The fraction of sp³-hybridized carbons (Fsp3) is 0.200. The number of nitrogens with zero attached hydrogens (tertiary/aromatic N) is 1. The van der Waals surface area contributed by atoms with Gasteiger partial charge in [-0.2, -0.15) is 0 Å². The normalized spacial score (nSPS) is 11.8. The molecule has 0 fully saturated rings. The third-order valence-corrected chi connectivity index (χ3v) is 5.18. The van der Waals surface area contributed by atoms with Crippen LogP contribution in [0.1, 0.15) is 0 Å². The molecule has 0 saturated carbocycles. The summed E-state index contributed by atoms with van der Waals surface area (Å²) in [6.07, 6.45) is 0. The van der Waals surface area contributed by atoms with Crippen molar-refractivity contribution in [2.45, 2.75) is 19.6 Å². The average Bonchev–Trinajstić information content (AvgIpc) is 2.54. The van der Waals surface area contributed by atoms with Crippen LogP contribution in [0.25, 0.3) is 0 Å². The van der Waals surface area contributed by atoms with Crippen molar-refractivity contribution in [2.24, 2.45) is 0 Å². The highest BCUT2D eigenvalue weighted by atomic mass is 28.3. The third-order valence-electron chi connectivity index (χ3n) is 3.39. The van der Waals surface area contributed by atoms with Crippen molar-refractivity contribution in [3.8, 4) is 0 Å². The van der Waals surface area contributed by atoms with E-state index in [1.807, 2.05) is 0 Å². The lowest BCUT2D eigenvalue weighted by Gasteiger charge is -2.37. The second-order valence-corrected chi connectivity index (χ2v) is 11.0. The second kappa shape index (κ2) is 6.52. The van der Waals surface area contributed by atoms with Gasteiger partial charge in [-0.25, -0.2) is 39.5 Å². The van der Waals surface area contributed by atoms with Gasteiger partial charge in [0.05, 0.1) is 0 Å². The van der Waals surface area contributed by atoms with Crippen molar-refractivity contribution in [1.29, 1.82) is 0 Å². The van der Waals surface area contributed by atoms with Crippen LogP contribution in [0.4, 0.5) is 50.9 Å². The van der Waals surface area contributed by atoms with E-state index in [0.29, 0.717) is 0 Å². The molecule has 0 aromatic heterocycles. The van der Waals surface area contributed by atoms with Gasteiger partial charge in [0.15, 0.2) is 54.8 Å². The van der Waals surface area contributed by atoms with Crippen LogP contribution in [0.3, 0.4) is 0 Å². The van der Waals surface area contributed by atoms with Gasteiger partial charge < -0.3 is 4.57 Å². The Labute approximate surface area is 142 Å². The summed E-state index contributed by atoms with van der Waals surface area (Å²) in [5.41, 5.74) is -3.27. The van der Waals surface area contributed by atoms with Crippen molar-refractivity contribution < 1.29 is 39.5 Å². The topological polar surface area (TPSA) is 3.24 Å². The van der Waals surface area contributed by atoms with Gasteiger partial charge >= 0.3 is 0 Å². The fourth-order valence-corrected chi connectivity index (χ4v) is 4.06. The van der Waals surface area contributed by atoms with Crippen molar-refractivity contribution >= 4 is 19.6 Å². The molecule has 26 heavy (non-hydrogen) atoms. The molecule has 11 heteroatoms. The Morgan fingerprint density at radius 1 is 0.538 bits per heavy atom. The van der Waals surface area contributed by atoms with E-state index in [1.165, 1.54) is 19.6 Å². The molecule has 0 amide bonds. The molecule has 0 heterocycles. The van der Waals surface area contributed by atoms with E-state index in [0.717, 1.165) is 0 Å². The molecule has 2 aromatic carbocycles. The van der Waals surface area contributed by atoms with Crippen LogP contribution in [-0.2, 0) is 0 Å². The Bertz CT molecular complexity index is 837. The van der Waals surface area contributed by atoms with Crippen molar-refractivity contribution in [3.05, 3.63) is 58.4 Å². The Morgan fingerprint density at radius 3 is 1.19 bits per heavy atom. The maximum atomic E-state index is 14.2. The first kappa shape index (κ1) is 20.1. The van der Waals surface area contributed by atoms with Crippen LogP contribution in [-0.4, -0.2) is 8.24 Å². The molecular weight excluding hydrogens is 393 g/mol. The van der Waals surface area contributed by atoms with Crippen LogP contribution in [0.15, 0.2) is 6.07 Å². The van der Waals surface area contributed by atoms with Gasteiger partial charge in [0.25, 0.3) is 0 Å². The molecule has 0 aliphatic rings. The summed E-state index contributed by atoms with van der Waals surface area (Å²) in [4.78, 5) is 0. The highest BCUT2D eigenvalue weighted by Gasteiger charge is 2.39. The number of hydrogen-bond acceptors (Lipinski definition) is 1. The summed E-state index contributed by atoms with van der Waals surface area (Å²) in [6.45, 7) is 3.65. The summed E-state index contributed by atoms with van der Waals surface area (Å²) in [7, 11) is -3.42. The number of anilines is 2. The van der Waals surface area contributed by atoms with Gasteiger partial charge in [-0.3, -0.25) is 0 Å². The molecule has 2 rings (SSSR count). The molecule has 0 spiro atoms. The van der Waals surface area contributed by atoms with Crippen molar-refractivity contribution in [3.63, 3.8) is 0 Å². The number of benzene rings is 2. The first-order chi connectivity index (χ1) is 11.8. The SMILES string of the molecule is C[Si](C)(C)N(c1c(F)c(F)cc(F)c1F)c1c(F)c(F)c(F)c(F)c1F. The molecule has 0 bridgehead atoms. The standard InChI is InChI=1S/C15H10F9NSi/c1-26(2,3)25(14-7(18)5(16)4-6(17)8(14)19)15-12(23)10(21)9(20)11(22)13(15)24/h4H,1-3H3. The molecule has 1 nitrogen and oxygen atoms in total. The lowest BCUT2D eigenvalue weighted by molar-refractivity contribution is 0.380. The van der Waals surface area contributed by atoms with Gasteiger partial charge in [0.1, 0.15) is 11.4 Å². The number of halogens is 9. The lowest BCUT2D eigenvalue weighted by Crippen LogP contribution is -2.45. The monoisotopic (exact) mass is 403 g/mol. The van der Waals surface area contributed by atoms with Crippen molar-refractivity contribution in [1.82, 2.24) is 0 Å². The molecule has 0 unspecified atom stereocenters. The largest absolute Gasteiger partial charge is 0.360 e. The van der Waals surface area contributed by atoms with E-state index in [1.54, 1.807) is 0 Å². The molecule has 0 N–H and O–H groups in total. The molecule has 2 aromatic rings. The van der Waals surface area contributed by atoms with Gasteiger partial charge in [0, 0.05) is 6.07 Å². The number of hydrogen-bond donors (Lipinski definition) is 0. The molecule has 0 saturated heterocycles. The van der Waals surface area contributed by atoms with Crippen LogP contribution in [0.2, 0.25) is 19.6 Å². The van der Waals surface area contributed by atoms with E-state index >= 15 is 0 Å². The van der Waals surface area contributed by atoms with E-state index in [2.05, 4.69) is 0 Å². The smallest absolute Gasteiger partial charge is 0.200 e.